The average Bonchev–Trinajstić information content (AvgIpc) is 2.67. The van der Waals surface area contributed by atoms with E-state index in [9.17, 15) is 0 Å². The molecule has 2 N–H and O–H groups in total. The molecule has 2 heteroatoms. The quantitative estimate of drug-likeness (QED) is 0.754. The maximum absolute atomic E-state index is 6.13. The van der Waals surface area contributed by atoms with E-state index in [1.54, 1.807) is 0 Å². The number of hydrogen-bond donors (Lipinski definition) is 1. The number of ether oxygens (including phenoxy) is 1. The molecule has 0 spiro atoms. The molecule has 0 aliphatic heterocycles. The Bertz CT molecular complexity index is 166. The molecule has 0 saturated heterocycles. The molecule has 0 aromatic carbocycles. The van der Waals surface area contributed by atoms with Crippen LogP contribution >= 0.6 is 0 Å². The van der Waals surface area contributed by atoms with Crippen molar-refractivity contribution in [3.8, 4) is 0 Å². The van der Waals surface area contributed by atoms with Gasteiger partial charge in [-0.1, -0.05) is 19.3 Å². The van der Waals surface area contributed by atoms with Gasteiger partial charge in [-0.25, -0.2) is 0 Å². The Morgan fingerprint density at radius 1 is 0.929 bits per heavy atom. The molecule has 2 saturated carbocycles. The van der Waals surface area contributed by atoms with Gasteiger partial charge in [-0.2, -0.15) is 0 Å². The fraction of sp³-hybridized carbons (Fsp3) is 1.00. The van der Waals surface area contributed by atoms with Gasteiger partial charge in [-0.05, 0) is 44.6 Å². The maximum atomic E-state index is 6.13. The third kappa shape index (κ3) is 2.71. The standard InChI is InChI=1S/C12H23NO/c13-9-10-6-7-12(8-10)14-11-4-2-1-3-5-11/h10-12H,1-9,13H2. The lowest BCUT2D eigenvalue weighted by atomic mass is 9.97. The minimum Gasteiger partial charge on any atom is -0.375 e. The van der Waals surface area contributed by atoms with E-state index in [0.717, 1.165) is 12.5 Å². The van der Waals surface area contributed by atoms with Crippen LogP contribution in [0.1, 0.15) is 51.4 Å². The molecule has 0 radical (unpaired) electrons. The largest absolute Gasteiger partial charge is 0.375 e. The van der Waals surface area contributed by atoms with Gasteiger partial charge >= 0.3 is 0 Å². The molecule has 14 heavy (non-hydrogen) atoms. The van der Waals surface area contributed by atoms with Crippen LogP contribution in [-0.4, -0.2) is 18.8 Å². The molecule has 2 fully saturated rings. The smallest absolute Gasteiger partial charge is 0.0582 e. The average molecular weight is 197 g/mol. The van der Waals surface area contributed by atoms with Crippen molar-refractivity contribution in [2.75, 3.05) is 6.54 Å². The van der Waals surface area contributed by atoms with E-state index in [0.29, 0.717) is 12.2 Å². The fourth-order valence-corrected chi connectivity index (χ4v) is 2.84. The Morgan fingerprint density at radius 2 is 1.71 bits per heavy atom. The Kier molecular flexibility index (Phi) is 3.82. The van der Waals surface area contributed by atoms with Crippen molar-refractivity contribution in [2.45, 2.75) is 63.6 Å². The van der Waals surface area contributed by atoms with Gasteiger partial charge in [-0.3, -0.25) is 0 Å². The van der Waals surface area contributed by atoms with Gasteiger partial charge in [0, 0.05) is 0 Å². The third-order valence-corrected chi connectivity index (χ3v) is 3.76. The molecule has 2 atom stereocenters. The van der Waals surface area contributed by atoms with Crippen molar-refractivity contribution in [1.29, 1.82) is 0 Å². The molecule has 82 valence electrons. The van der Waals surface area contributed by atoms with E-state index >= 15 is 0 Å². The van der Waals surface area contributed by atoms with Crippen molar-refractivity contribution in [3.05, 3.63) is 0 Å². The highest BCUT2D eigenvalue weighted by atomic mass is 16.5. The molecule has 0 amide bonds. The van der Waals surface area contributed by atoms with E-state index in [1.165, 1.54) is 51.4 Å². The summed E-state index contributed by atoms with van der Waals surface area (Å²) in [7, 11) is 0. The zero-order valence-electron chi connectivity index (χ0n) is 9.08. The molecule has 0 aromatic heterocycles. The number of nitrogens with two attached hydrogens (primary N) is 1. The number of rotatable bonds is 3. The van der Waals surface area contributed by atoms with Crippen LogP contribution in [-0.2, 0) is 4.74 Å². The van der Waals surface area contributed by atoms with Gasteiger partial charge in [0.25, 0.3) is 0 Å². The molecule has 0 heterocycles. The predicted molar refractivity (Wildman–Crippen MR) is 58.1 cm³/mol. The van der Waals surface area contributed by atoms with Crippen LogP contribution < -0.4 is 5.73 Å². The summed E-state index contributed by atoms with van der Waals surface area (Å²) in [6.07, 6.45) is 11.6. The first-order valence-corrected chi connectivity index (χ1v) is 6.24. The third-order valence-electron chi connectivity index (χ3n) is 3.76. The molecule has 2 aliphatic carbocycles. The second-order valence-corrected chi connectivity index (χ2v) is 4.93. The Labute approximate surface area is 87.2 Å². The Balaban J connectivity index is 1.69. The zero-order chi connectivity index (χ0) is 9.80. The molecule has 2 unspecified atom stereocenters. The van der Waals surface area contributed by atoms with Crippen LogP contribution in [0.4, 0.5) is 0 Å². The second kappa shape index (κ2) is 5.13. The van der Waals surface area contributed by atoms with Gasteiger partial charge < -0.3 is 10.5 Å². The van der Waals surface area contributed by atoms with Gasteiger partial charge in [0.2, 0.25) is 0 Å². The summed E-state index contributed by atoms with van der Waals surface area (Å²) in [6, 6.07) is 0. The van der Waals surface area contributed by atoms with Crippen LogP contribution in [0.25, 0.3) is 0 Å². The van der Waals surface area contributed by atoms with Crippen LogP contribution in [0.5, 0.6) is 0 Å². The van der Waals surface area contributed by atoms with Gasteiger partial charge in [-0.15, -0.1) is 0 Å². The van der Waals surface area contributed by atoms with Gasteiger partial charge in [0.15, 0.2) is 0 Å². The summed E-state index contributed by atoms with van der Waals surface area (Å²) >= 11 is 0. The lowest BCUT2D eigenvalue weighted by Gasteiger charge is -2.25. The maximum Gasteiger partial charge on any atom is 0.0582 e. The molecule has 0 aromatic rings. The first-order valence-electron chi connectivity index (χ1n) is 6.24. The highest BCUT2D eigenvalue weighted by Crippen LogP contribution is 2.30. The first kappa shape index (κ1) is 10.4. The minimum atomic E-state index is 0.534. The Hall–Kier alpha value is -0.0800. The summed E-state index contributed by atoms with van der Waals surface area (Å²) in [5.74, 6) is 0.739. The lowest BCUT2D eigenvalue weighted by molar-refractivity contribution is -0.0274. The van der Waals surface area contributed by atoms with Crippen molar-refractivity contribution < 1.29 is 4.74 Å². The van der Waals surface area contributed by atoms with E-state index in [4.69, 9.17) is 10.5 Å². The molecular formula is C12H23NO. The monoisotopic (exact) mass is 197 g/mol. The van der Waals surface area contributed by atoms with Crippen molar-refractivity contribution in [2.24, 2.45) is 11.7 Å². The summed E-state index contributed by atoms with van der Waals surface area (Å²) in [5.41, 5.74) is 5.67. The molecule has 2 aliphatic rings. The summed E-state index contributed by atoms with van der Waals surface area (Å²) < 4.78 is 6.13. The van der Waals surface area contributed by atoms with Crippen molar-refractivity contribution >= 4 is 0 Å². The van der Waals surface area contributed by atoms with E-state index < -0.39 is 0 Å². The van der Waals surface area contributed by atoms with E-state index in [2.05, 4.69) is 0 Å². The fourth-order valence-electron chi connectivity index (χ4n) is 2.84. The molecule has 0 bridgehead atoms. The SMILES string of the molecule is NCC1CCC(OC2CCCCC2)C1. The van der Waals surface area contributed by atoms with Crippen LogP contribution in [0.15, 0.2) is 0 Å². The van der Waals surface area contributed by atoms with Crippen molar-refractivity contribution in [3.63, 3.8) is 0 Å². The second-order valence-electron chi connectivity index (χ2n) is 4.93. The van der Waals surface area contributed by atoms with Gasteiger partial charge in [0.05, 0.1) is 12.2 Å². The highest BCUT2D eigenvalue weighted by Gasteiger charge is 2.27. The van der Waals surface area contributed by atoms with Crippen LogP contribution in [0, 0.1) is 5.92 Å². The predicted octanol–water partition coefficient (Wildman–Crippen LogP) is 2.46. The molecule has 2 rings (SSSR count). The van der Waals surface area contributed by atoms with Gasteiger partial charge in [0.1, 0.15) is 0 Å². The molecular weight excluding hydrogens is 174 g/mol. The zero-order valence-corrected chi connectivity index (χ0v) is 9.08. The first-order chi connectivity index (χ1) is 6.88. The van der Waals surface area contributed by atoms with Crippen LogP contribution in [0.3, 0.4) is 0 Å². The normalized spacial score (nSPS) is 34.9. The van der Waals surface area contributed by atoms with E-state index in [-0.39, 0.29) is 0 Å². The van der Waals surface area contributed by atoms with Crippen LogP contribution in [0.2, 0.25) is 0 Å². The highest BCUT2D eigenvalue weighted by molar-refractivity contribution is 4.78. The van der Waals surface area contributed by atoms with E-state index in [1.807, 2.05) is 0 Å². The lowest BCUT2D eigenvalue weighted by Crippen LogP contribution is -2.23. The number of hydrogen-bond acceptors (Lipinski definition) is 2. The Morgan fingerprint density at radius 3 is 2.36 bits per heavy atom. The topological polar surface area (TPSA) is 35.2 Å². The summed E-state index contributed by atoms with van der Waals surface area (Å²) in [4.78, 5) is 0. The summed E-state index contributed by atoms with van der Waals surface area (Å²) in [6.45, 7) is 0.852. The minimum absolute atomic E-state index is 0.534. The van der Waals surface area contributed by atoms with Crippen molar-refractivity contribution in [1.82, 2.24) is 0 Å². The summed E-state index contributed by atoms with van der Waals surface area (Å²) in [5, 5.41) is 0. The molecule has 2 nitrogen and oxygen atoms in total.